The number of hydrogen-bond acceptors (Lipinski definition) is 4. The molecular weight excluding hydrogens is 390 g/mol. The van der Waals surface area contributed by atoms with Gasteiger partial charge in [-0.05, 0) is 53.5 Å². The second-order valence-corrected chi connectivity index (χ2v) is 9.87. The molecule has 3 aromatic rings. The molecule has 1 aromatic heterocycles. The van der Waals surface area contributed by atoms with Crippen LogP contribution in [0.15, 0.2) is 36.4 Å². The Labute approximate surface area is 183 Å². The normalized spacial score (nSPS) is 12.2. The number of aromatic hydroxyl groups is 1. The van der Waals surface area contributed by atoms with E-state index in [4.69, 9.17) is 0 Å². The molecule has 0 aliphatic carbocycles. The van der Waals surface area contributed by atoms with Crippen LogP contribution in [0, 0.1) is 5.41 Å². The zero-order chi connectivity index (χ0) is 22.8. The summed E-state index contributed by atoms with van der Waals surface area (Å²) in [4.78, 5) is 13.8. The maximum atomic E-state index is 12.3. The number of aromatic nitrogens is 3. The molecule has 3 rings (SSSR count). The second kappa shape index (κ2) is 8.57. The van der Waals surface area contributed by atoms with E-state index in [1.807, 2.05) is 43.3 Å². The number of phenols is 1. The van der Waals surface area contributed by atoms with E-state index in [0.717, 1.165) is 29.4 Å². The van der Waals surface area contributed by atoms with Crippen molar-refractivity contribution in [2.75, 3.05) is 11.9 Å². The highest BCUT2D eigenvalue weighted by Gasteiger charge is 2.29. The van der Waals surface area contributed by atoms with Gasteiger partial charge in [0.1, 0.15) is 16.7 Å². The van der Waals surface area contributed by atoms with E-state index in [1.54, 1.807) is 0 Å². The zero-order valence-corrected chi connectivity index (χ0v) is 19.3. The van der Waals surface area contributed by atoms with Gasteiger partial charge in [0, 0.05) is 6.54 Å². The first kappa shape index (κ1) is 22.6. The number of nitrogens with zero attached hydrogens (tertiary/aromatic N) is 3. The van der Waals surface area contributed by atoms with Crippen LogP contribution in [0.1, 0.15) is 59.9 Å². The SMILES string of the molecule is CCCNC(=O)Nc1cc(C(C)(C)CC(C)(C)C)cc(-n2nc3ccccc3n2)c1O. The average Bonchev–Trinajstić information content (AvgIpc) is 3.09. The predicted molar refractivity (Wildman–Crippen MR) is 125 cm³/mol. The first-order valence-electron chi connectivity index (χ1n) is 10.7. The minimum atomic E-state index is -0.354. The third kappa shape index (κ3) is 5.34. The topological polar surface area (TPSA) is 92.1 Å². The molecule has 7 nitrogen and oxygen atoms in total. The second-order valence-electron chi connectivity index (χ2n) is 9.87. The van der Waals surface area contributed by atoms with Crippen molar-refractivity contribution >= 4 is 22.8 Å². The summed E-state index contributed by atoms with van der Waals surface area (Å²) in [6.45, 7) is 13.5. The summed E-state index contributed by atoms with van der Waals surface area (Å²) in [5.41, 5.74) is 3.12. The van der Waals surface area contributed by atoms with E-state index in [1.165, 1.54) is 4.80 Å². The van der Waals surface area contributed by atoms with Gasteiger partial charge in [0.15, 0.2) is 5.75 Å². The van der Waals surface area contributed by atoms with Crippen LogP contribution in [0.4, 0.5) is 10.5 Å². The lowest BCUT2D eigenvalue weighted by molar-refractivity contribution is 0.252. The summed E-state index contributed by atoms with van der Waals surface area (Å²) in [5.74, 6) is -0.0673. The lowest BCUT2D eigenvalue weighted by atomic mass is 9.72. The Morgan fingerprint density at radius 3 is 2.23 bits per heavy atom. The van der Waals surface area contributed by atoms with Gasteiger partial charge in [-0.25, -0.2) is 4.79 Å². The molecule has 0 radical (unpaired) electrons. The predicted octanol–water partition coefficient (Wildman–Crippen LogP) is 5.37. The molecular formula is C24H33N5O2. The number of amides is 2. The maximum Gasteiger partial charge on any atom is 0.319 e. The first-order valence-corrected chi connectivity index (χ1v) is 10.7. The Balaban J connectivity index is 2.12. The fraction of sp³-hybridized carbons (Fsp3) is 0.458. The van der Waals surface area contributed by atoms with Crippen LogP contribution in [-0.4, -0.2) is 32.7 Å². The highest BCUT2D eigenvalue weighted by molar-refractivity contribution is 5.92. The minimum absolute atomic E-state index is 0.0673. The molecule has 0 saturated heterocycles. The molecule has 0 saturated carbocycles. The van der Waals surface area contributed by atoms with Gasteiger partial charge in [0.05, 0.1) is 5.69 Å². The Kier molecular flexibility index (Phi) is 6.25. The van der Waals surface area contributed by atoms with Crippen LogP contribution < -0.4 is 10.6 Å². The fourth-order valence-electron chi connectivity index (χ4n) is 4.06. The highest BCUT2D eigenvalue weighted by atomic mass is 16.3. The lowest BCUT2D eigenvalue weighted by Gasteiger charge is -2.33. The first-order chi connectivity index (χ1) is 14.5. The van der Waals surface area contributed by atoms with Gasteiger partial charge in [-0.2, -0.15) is 0 Å². The van der Waals surface area contributed by atoms with Crippen molar-refractivity contribution < 1.29 is 9.90 Å². The van der Waals surface area contributed by atoms with Crippen LogP contribution in [0.25, 0.3) is 16.7 Å². The molecule has 0 atom stereocenters. The van der Waals surface area contributed by atoms with E-state index in [9.17, 15) is 9.90 Å². The Hall–Kier alpha value is -3.09. The quantitative estimate of drug-likeness (QED) is 0.465. The molecule has 0 aliphatic rings. The summed E-state index contributed by atoms with van der Waals surface area (Å²) in [6, 6.07) is 11.0. The standard InChI is InChI=1S/C24H33N5O2/c1-7-12-25-22(31)26-19-13-16(24(5,6)15-23(2,3)4)14-20(21(19)30)29-27-17-10-8-9-11-18(17)28-29/h8-11,13-14,30H,7,12,15H2,1-6H3,(H2,25,26,31). The third-order valence-electron chi connectivity index (χ3n) is 5.13. The molecule has 0 aliphatic heterocycles. The number of hydrogen-bond donors (Lipinski definition) is 3. The van der Waals surface area contributed by atoms with Crippen molar-refractivity contribution in [3.63, 3.8) is 0 Å². The number of fused-ring (bicyclic) bond motifs is 1. The number of nitrogens with one attached hydrogen (secondary N) is 2. The van der Waals surface area contributed by atoms with Gasteiger partial charge < -0.3 is 15.7 Å². The van der Waals surface area contributed by atoms with Crippen LogP contribution in [0.2, 0.25) is 0 Å². The molecule has 7 heteroatoms. The summed E-state index contributed by atoms with van der Waals surface area (Å²) >= 11 is 0. The molecule has 31 heavy (non-hydrogen) atoms. The summed E-state index contributed by atoms with van der Waals surface area (Å²) in [7, 11) is 0. The maximum absolute atomic E-state index is 12.3. The number of benzene rings is 2. The number of carbonyl (C=O) groups is 1. The third-order valence-corrected chi connectivity index (χ3v) is 5.13. The lowest BCUT2D eigenvalue weighted by Crippen LogP contribution is -2.30. The van der Waals surface area contributed by atoms with Gasteiger partial charge in [0.25, 0.3) is 0 Å². The number of anilines is 1. The van der Waals surface area contributed by atoms with Crippen molar-refractivity contribution in [1.82, 2.24) is 20.3 Å². The Morgan fingerprint density at radius 2 is 1.68 bits per heavy atom. The summed E-state index contributed by atoms with van der Waals surface area (Å²) in [6.07, 6.45) is 1.74. The smallest absolute Gasteiger partial charge is 0.319 e. The van der Waals surface area contributed by atoms with Gasteiger partial charge in [0.2, 0.25) is 0 Å². The van der Waals surface area contributed by atoms with Crippen molar-refractivity contribution in [1.29, 1.82) is 0 Å². The van der Waals surface area contributed by atoms with Gasteiger partial charge >= 0.3 is 6.03 Å². The van der Waals surface area contributed by atoms with Crippen molar-refractivity contribution in [3.8, 4) is 11.4 Å². The molecule has 0 spiro atoms. The van der Waals surface area contributed by atoms with Crippen LogP contribution in [-0.2, 0) is 5.41 Å². The number of urea groups is 1. The minimum Gasteiger partial charge on any atom is -0.504 e. The molecule has 0 fully saturated rings. The summed E-state index contributed by atoms with van der Waals surface area (Å²) in [5, 5.41) is 25.7. The average molecular weight is 424 g/mol. The Bertz CT molecular complexity index is 1050. The van der Waals surface area contributed by atoms with E-state index in [-0.39, 0.29) is 22.6 Å². The molecule has 3 N–H and O–H groups in total. The van der Waals surface area contributed by atoms with E-state index in [2.05, 4.69) is 55.4 Å². The number of carbonyl (C=O) groups excluding carboxylic acids is 1. The molecule has 0 unspecified atom stereocenters. The van der Waals surface area contributed by atoms with Crippen LogP contribution >= 0.6 is 0 Å². The fourth-order valence-corrected chi connectivity index (χ4v) is 4.06. The Morgan fingerprint density at radius 1 is 1.06 bits per heavy atom. The van der Waals surface area contributed by atoms with Crippen molar-refractivity contribution in [2.24, 2.45) is 5.41 Å². The highest BCUT2D eigenvalue weighted by Crippen LogP contribution is 2.41. The van der Waals surface area contributed by atoms with Crippen molar-refractivity contribution in [2.45, 2.75) is 59.8 Å². The number of rotatable bonds is 6. The van der Waals surface area contributed by atoms with Crippen molar-refractivity contribution in [3.05, 3.63) is 42.0 Å². The molecule has 0 bridgehead atoms. The van der Waals surface area contributed by atoms with Gasteiger partial charge in [-0.3, -0.25) is 0 Å². The molecule has 2 amide bonds. The molecule has 2 aromatic carbocycles. The van der Waals surface area contributed by atoms with E-state index in [0.29, 0.717) is 17.9 Å². The van der Waals surface area contributed by atoms with E-state index >= 15 is 0 Å². The zero-order valence-electron chi connectivity index (χ0n) is 19.3. The van der Waals surface area contributed by atoms with Crippen LogP contribution in [0.5, 0.6) is 5.75 Å². The summed E-state index contributed by atoms with van der Waals surface area (Å²) < 4.78 is 0. The number of phenolic OH excluding ortho intramolecular Hbond substituents is 1. The van der Waals surface area contributed by atoms with Gasteiger partial charge in [-0.15, -0.1) is 15.0 Å². The van der Waals surface area contributed by atoms with Crippen LogP contribution in [0.3, 0.4) is 0 Å². The van der Waals surface area contributed by atoms with Gasteiger partial charge in [-0.1, -0.05) is 53.7 Å². The van der Waals surface area contributed by atoms with E-state index < -0.39 is 0 Å². The molecule has 1 heterocycles. The molecule has 166 valence electrons. The monoisotopic (exact) mass is 423 g/mol. The largest absolute Gasteiger partial charge is 0.504 e.